The van der Waals surface area contributed by atoms with Gasteiger partial charge in [0.1, 0.15) is 0 Å². The van der Waals surface area contributed by atoms with Crippen LogP contribution in [0.25, 0.3) is 0 Å². The molecule has 1 saturated heterocycles. The van der Waals surface area contributed by atoms with Crippen LogP contribution >= 0.6 is 0 Å². The van der Waals surface area contributed by atoms with Crippen LogP contribution in [0.2, 0.25) is 5.31 Å². The molecule has 0 aromatic carbocycles. The van der Waals surface area contributed by atoms with Crippen LogP contribution < -0.4 is 0 Å². The number of fused-ring (bicyclic) bond motifs is 6. The highest BCUT2D eigenvalue weighted by Gasteiger charge is 2.70. The Morgan fingerprint density at radius 1 is 0.931 bits per heavy atom. The molecule has 0 radical (unpaired) electrons. The summed E-state index contributed by atoms with van der Waals surface area (Å²) in [5.41, 5.74) is 0.595. The van der Waals surface area contributed by atoms with E-state index in [1.807, 2.05) is 0 Å². The molecule has 164 valence electrons. The summed E-state index contributed by atoms with van der Waals surface area (Å²) in [6.45, 7) is 14.2. The molecule has 9 atom stereocenters. The zero-order valence-electron chi connectivity index (χ0n) is 19.7. The Hall–Kier alpha value is -0.0551. The van der Waals surface area contributed by atoms with Gasteiger partial charge in [0.25, 0.3) is 0 Å². The molecule has 4 saturated carbocycles. The third kappa shape index (κ3) is 2.73. The molecule has 1 spiro atoms. The first kappa shape index (κ1) is 20.8. The van der Waals surface area contributed by atoms with Crippen molar-refractivity contribution in [2.75, 3.05) is 0 Å². The summed E-state index contributed by atoms with van der Waals surface area (Å²) in [6, 6.07) is 0. The predicted octanol–water partition coefficient (Wildman–Crippen LogP) is 5.85. The van der Waals surface area contributed by atoms with Gasteiger partial charge in [-0.3, -0.25) is 0 Å². The second kappa shape index (κ2) is 6.48. The first-order valence-corrected chi connectivity index (χ1v) is 12.5. The van der Waals surface area contributed by atoms with E-state index < -0.39 is 0 Å². The Morgan fingerprint density at radius 3 is 2.34 bits per heavy atom. The summed E-state index contributed by atoms with van der Waals surface area (Å²) >= 11 is 0. The number of aliphatic hydroxyl groups excluding tert-OH is 1. The van der Waals surface area contributed by atoms with Crippen LogP contribution in [0.15, 0.2) is 0 Å². The maximum absolute atomic E-state index is 10.3. The summed E-state index contributed by atoms with van der Waals surface area (Å²) in [5, 5.41) is 10.3. The summed E-state index contributed by atoms with van der Waals surface area (Å²) in [6.07, 6.45) is 11.2. The first-order valence-electron chi connectivity index (χ1n) is 12.5. The molecule has 0 amide bonds. The minimum atomic E-state index is -0.0961. The van der Waals surface area contributed by atoms with Crippen LogP contribution in [-0.4, -0.2) is 30.0 Å². The Bertz CT molecular complexity index is 661. The van der Waals surface area contributed by atoms with Crippen molar-refractivity contribution >= 4 is 7.12 Å². The zero-order chi connectivity index (χ0) is 20.8. The average molecular weight is 402 g/mol. The molecule has 4 heteroatoms. The first-order chi connectivity index (χ1) is 13.5. The topological polar surface area (TPSA) is 38.7 Å². The SMILES string of the molecule is C[C@@H]1OB(C(C)(C)C)O[C@]12CC[C@H]1[C@@H]3CC[C@@H]4C[C@H](O)CC[C@]4(C)[C@H]3CC[C@@]12C. The van der Waals surface area contributed by atoms with Crippen molar-refractivity contribution < 1.29 is 14.4 Å². The summed E-state index contributed by atoms with van der Waals surface area (Å²) < 4.78 is 13.4. The number of aliphatic hydroxyl groups is 1. The van der Waals surface area contributed by atoms with E-state index in [-0.39, 0.29) is 35.7 Å². The highest BCUT2D eigenvalue weighted by molar-refractivity contribution is 6.49. The van der Waals surface area contributed by atoms with E-state index in [2.05, 4.69) is 41.5 Å². The van der Waals surface area contributed by atoms with Crippen molar-refractivity contribution in [2.24, 2.45) is 34.5 Å². The van der Waals surface area contributed by atoms with Crippen LogP contribution in [0, 0.1) is 34.5 Å². The van der Waals surface area contributed by atoms with Crippen LogP contribution in [0.4, 0.5) is 0 Å². The Kier molecular flexibility index (Phi) is 4.66. The molecular weight excluding hydrogens is 359 g/mol. The van der Waals surface area contributed by atoms with E-state index in [4.69, 9.17) is 9.31 Å². The zero-order valence-corrected chi connectivity index (χ0v) is 19.7. The van der Waals surface area contributed by atoms with Crippen LogP contribution in [0.3, 0.4) is 0 Å². The maximum atomic E-state index is 10.3. The van der Waals surface area contributed by atoms with Gasteiger partial charge in [0, 0.05) is 5.41 Å². The van der Waals surface area contributed by atoms with Gasteiger partial charge < -0.3 is 14.4 Å². The molecule has 5 aliphatic rings. The van der Waals surface area contributed by atoms with Gasteiger partial charge in [0.15, 0.2) is 0 Å². The quantitative estimate of drug-likeness (QED) is 0.517. The van der Waals surface area contributed by atoms with Gasteiger partial charge in [-0.05, 0) is 99.1 Å². The Labute approximate surface area is 178 Å². The lowest BCUT2D eigenvalue weighted by molar-refractivity contribution is -0.155. The van der Waals surface area contributed by atoms with Gasteiger partial charge in [0.2, 0.25) is 0 Å². The normalized spacial score (nSPS) is 54.9. The molecule has 3 nitrogen and oxygen atoms in total. The fourth-order valence-corrected chi connectivity index (χ4v) is 9.12. The molecule has 1 heterocycles. The predicted molar refractivity (Wildman–Crippen MR) is 118 cm³/mol. The molecule has 1 aliphatic heterocycles. The van der Waals surface area contributed by atoms with E-state index in [0.717, 1.165) is 36.5 Å². The Balaban J connectivity index is 1.43. The maximum Gasteiger partial charge on any atom is 0.463 e. The van der Waals surface area contributed by atoms with Gasteiger partial charge >= 0.3 is 7.12 Å². The average Bonchev–Trinajstić information content (AvgIpc) is 3.14. The van der Waals surface area contributed by atoms with Crippen molar-refractivity contribution in [2.45, 2.75) is 122 Å². The van der Waals surface area contributed by atoms with Gasteiger partial charge in [0.05, 0.1) is 17.8 Å². The molecule has 5 rings (SSSR count). The lowest BCUT2D eigenvalue weighted by atomic mass is 9.44. The number of hydrogen-bond acceptors (Lipinski definition) is 3. The van der Waals surface area contributed by atoms with E-state index in [1.54, 1.807) is 0 Å². The van der Waals surface area contributed by atoms with Crippen LogP contribution in [-0.2, 0) is 9.31 Å². The third-order valence-electron chi connectivity index (χ3n) is 10.8. The number of rotatable bonds is 0. The van der Waals surface area contributed by atoms with Crippen molar-refractivity contribution in [3.63, 3.8) is 0 Å². The van der Waals surface area contributed by atoms with Crippen molar-refractivity contribution in [1.29, 1.82) is 0 Å². The molecule has 5 fully saturated rings. The second-order valence-corrected chi connectivity index (χ2v) is 13.1. The summed E-state index contributed by atoms with van der Waals surface area (Å²) in [5.74, 6) is 3.20. The minimum Gasteiger partial charge on any atom is -0.405 e. The highest BCUT2D eigenvalue weighted by atomic mass is 16.7. The summed E-state index contributed by atoms with van der Waals surface area (Å²) in [7, 11) is -0.0844. The molecule has 0 aromatic heterocycles. The van der Waals surface area contributed by atoms with Gasteiger partial charge in [-0.2, -0.15) is 0 Å². The summed E-state index contributed by atoms with van der Waals surface area (Å²) in [4.78, 5) is 0. The van der Waals surface area contributed by atoms with Gasteiger partial charge in [-0.1, -0.05) is 34.6 Å². The highest BCUT2D eigenvalue weighted by Crippen LogP contribution is 2.70. The molecular formula is C25H43BO3. The molecule has 4 aliphatic carbocycles. The van der Waals surface area contributed by atoms with Crippen LogP contribution in [0.5, 0.6) is 0 Å². The minimum absolute atomic E-state index is 0.0257. The van der Waals surface area contributed by atoms with E-state index in [9.17, 15) is 5.11 Å². The van der Waals surface area contributed by atoms with E-state index >= 15 is 0 Å². The molecule has 0 aromatic rings. The molecule has 1 N–H and O–H groups in total. The lowest BCUT2D eigenvalue weighted by Gasteiger charge is -2.62. The van der Waals surface area contributed by atoms with Gasteiger partial charge in [-0.25, -0.2) is 0 Å². The molecule has 29 heavy (non-hydrogen) atoms. The van der Waals surface area contributed by atoms with Crippen LogP contribution in [0.1, 0.15) is 99.3 Å². The third-order valence-corrected chi connectivity index (χ3v) is 10.8. The largest absolute Gasteiger partial charge is 0.463 e. The van der Waals surface area contributed by atoms with Gasteiger partial charge in [-0.15, -0.1) is 0 Å². The molecule has 0 unspecified atom stereocenters. The Morgan fingerprint density at radius 2 is 1.66 bits per heavy atom. The fourth-order valence-electron chi connectivity index (χ4n) is 9.12. The second-order valence-electron chi connectivity index (χ2n) is 13.1. The number of hydrogen-bond donors (Lipinski definition) is 1. The smallest absolute Gasteiger partial charge is 0.405 e. The van der Waals surface area contributed by atoms with E-state index in [1.165, 1.54) is 44.9 Å². The monoisotopic (exact) mass is 402 g/mol. The lowest BCUT2D eigenvalue weighted by Crippen LogP contribution is -2.59. The van der Waals surface area contributed by atoms with Crippen molar-refractivity contribution in [3.05, 3.63) is 0 Å². The fraction of sp³-hybridized carbons (Fsp3) is 1.00. The van der Waals surface area contributed by atoms with E-state index in [0.29, 0.717) is 5.41 Å². The standard InChI is InChI=1S/C25H43BO3/c1-16-25(29-26(28-16)22(2,3)4)14-11-21-19-8-7-17-15-18(27)9-12-23(17,5)20(19)10-13-24(21,25)6/h16-21,27H,7-15H2,1-6H3/t16-,17+,18+,19+,20-,21-,23-,24-,25+/m0/s1. The van der Waals surface area contributed by atoms with Crippen molar-refractivity contribution in [3.8, 4) is 0 Å². The van der Waals surface area contributed by atoms with Crippen molar-refractivity contribution in [1.82, 2.24) is 0 Å². The molecule has 0 bridgehead atoms.